The summed E-state index contributed by atoms with van der Waals surface area (Å²) in [6, 6.07) is 0. The summed E-state index contributed by atoms with van der Waals surface area (Å²) in [5.41, 5.74) is 0. The molecule has 0 rings (SSSR count). The van der Waals surface area contributed by atoms with Gasteiger partial charge in [0.2, 0.25) is 0 Å². The Morgan fingerprint density at radius 3 is 0.833 bits per heavy atom. The third kappa shape index (κ3) is 9060. The van der Waals surface area contributed by atoms with Crippen molar-refractivity contribution in [1.29, 1.82) is 0 Å². The highest BCUT2D eigenvalue weighted by atomic mass is 13.5. The first-order chi connectivity index (χ1) is 2.00. The van der Waals surface area contributed by atoms with Gasteiger partial charge in [0.25, 0.3) is 0 Å². The molecule has 40 valence electrons. The maximum atomic E-state index is 2.25. The molecule has 0 aliphatic carbocycles. The van der Waals surface area contributed by atoms with Crippen LogP contribution in [0.4, 0.5) is 0 Å². The Balaban J connectivity index is 0. The SMILES string of the molecule is C.C[B-](C)(C)C. The standard InChI is InChI=1S/C4H12B.CH4/c1-5(2,3)4;/h1-4H3;1H4/q-1;. The lowest BCUT2D eigenvalue weighted by atomic mass is 9.32. The van der Waals surface area contributed by atoms with Crippen molar-refractivity contribution < 1.29 is 0 Å². The maximum absolute atomic E-state index is 2.25. The molecule has 6 heavy (non-hydrogen) atoms. The zero-order chi connectivity index (χ0) is 4.50. The molecule has 0 amide bonds. The summed E-state index contributed by atoms with van der Waals surface area (Å²) in [7, 11) is 0. The van der Waals surface area contributed by atoms with E-state index in [2.05, 4.69) is 27.3 Å². The molecule has 0 saturated carbocycles. The third-order valence-corrected chi connectivity index (χ3v) is 0. The predicted molar refractivity (Wildman–Crippen MR) is 35.9 cm³/mol. The highest BCUT2D eigenvalue weighted by molar-refractivity contribution is 6.74. The number of rotatable bonds is 0. The molecular formula is C5H16B-. The summed E-state index contributed by atoms with van der Waals surface area (Å²) in [6.07, 6.45) is 0. The Kier molecular flexibility index (Phi) is 3.57. The fourth-order valence-corrected chi connectivity index (χ4v) is 0. The van der Waals surface area contributed by atoms with E-state index in [-0.39, 0.29) is 13.6 Å². The lowest BCUT2D eigenvalue weighted by molar-refractivity contribution is 1.71. The zero-order valence-corrected chi connectivity index (χ0v) is 4.58. The van der Waals surface area contributed by atoms with Crippen LogP contribution in [0, 0.1) is 0 Å². The highest BCUT2D eigenvalue weighted by Gasteiger charge is 1.90. The summed E-state index contributed by atoms with van der Waals surface area (Å²) in [5.74, 6) is 0. The van der Waals surface area contributed by atoms with E-state index in [0.29, 0.717) is 0 Å². The van der Waals surface area contributed by atoms with Crippen molar-refractivity contribution in [3.8, 4) is 0 Å². The molecule has 0 fully saturated rings. The van der Waals surface area contributed by atoms with Crippen LogP contribution in [0.2, 0.25) is 27.3 Å². The molecule has 0 saturated heterocycles. The fraction of sp³-hybridized carbons (Fsp3) is 1.00. The maximum Gasteiger partial charge on any atom is -0.0116 e. The van der Waals surface area contributed by atoms with Gasteiger partial charge in [-0.05, 0) is 6.15 Å². The Bertz CT molecular complexity index is 19.4. The van der Waals surface area contributed by atoms with Crippen molar-refractivity contribution in [3.05, 3.63) is 0 Å². The molecular weight excluding hydrogens is 70.9 g/mol. The Morgan fingerprint density at radius 1 is 0.833 bits per heavy atom. The summed E-state index contributed by atoms with van der Waals surface area (Å²) in [5, 5.41) is 0. The van der Waals surface area contributed by atoms with Gasteiger partial charge in [0, 0.05) is 0 Å². The van der Waals surface area contributed by atoms with Gasteiger partial charge < -0.3 is 0 Å². The first-order valence-electron chi connectivity index (χ1n) is 2.31. The summed E-state index contributed by atoms with van der Waals surface area (Å²) in [4.78, 5) is 0. The lowest BCUT2D eigenvalue weighted by Crippen LogP contribution is -2.10. The quantitative estimate of drug-likeness (QED) is 0.398. The van der Waals surface area contributed by atoms with Crippen molar-refractivity contribution in [2.24, 2.45) is 0 Å². The first kappa shape index (κ1) is 9.42. The average Bonchev–Trinajstić information content (AvgIpc) is 0.722. The van der Waals surface area contributed by atoms with Crippen LogP contribution >= 0.6 is 0 Å². The van der Waals surface area contributed by atoms with Crippen molar-refractivity contribution in [2.45, 2.75) is 34.7 Å². The van der Waals surface area contributed by atoms with Gasteiger partial charge in [0.1, 0.15) is 0 Å². The Hall–Kier alpha value is 0.0649. The van der Waals surface area contributed by atoms with Crippen molar-refractivity contribution >= 4 is 6.15 Å². The zero-order valence-electron chi connectivity index (χ0n) is 4.58. The lowest BCUT2D eigenvalue weighted by Gasteiger charge is -2.10. The molecule has 0 aliphatic rings. The largest absolute Gasteiger partial charge is 0.191 e. The highest BCUT2D eigenvalue weighted by Crippen LogP contribution is 1.94. The van der Waals surface area contributed by atoms with Crippen LogP contribution < -0.4 is 0 Å². The summed E-state index contributed by atoms with van der Waals surface area (Å²) in [6.45, 7) is 9.00. The van der Waals surface area contributed by atoms with Crippen molar-refractivity contribution in [3.63, 3.8) is 0 Å². The number of hydrogen-bond acceptors (Lipinski definition) is 0. The number of hydrogen-bond donors (Lipinski definition) is 0. The summed E-state index contributed by atoms with van der Waals surface area (Å²) < 4.78 is 0. The van der Waals surface area contributed by atoms with Crippen LogP contribution in [-0.4, -0.2) is 6.15 Å². The molecule has 0 unspecified atom stereocenters. The monoisotopic (exact) mass is 87.1 g/mol. The smallest absolute Gasteiger partial charge is 0.0116 e. The minimum Gasteiger partial charge on any atom is -0.191 e. The molecule has 0 aromatic rings. The molecule has 0 nitrogen and oxygen atoms in total. The minimum absolute atomic E-state index is 0. The van der Waals surface area contributed by atoms with E-state index in [1.54, 1.807) is 0 Å². The molecule has 0 spiro atoms. The van der Waals surface area contributed by atoms with Crippen LogP contribution in [0.15, 0.2) is 0 Å². The van der Waals surface area contributed by atoms with E-state index in [1.807, 2.05) is 0 Å². The Morgan fingerprint density at radius 2 is 0.833 bits per heavy atom. The van der Waals surface area contributed by atoms with Gasteiger partial charge in [0.05, 0.1) is 0 Å². The molecule has 1 heteroatoms. The Labute approximate surface area is 41.9 Å². The average molecular weight is 87.0 g/mol. The molecule has 0 aromatic carbocycles. The van der Waals surface area contributed by atoms with E-state index >= 15 is 0 Å². The third-order valence-electron chi connectivity index (χ3n) is 0. The molecule has 0 N–H and O–H groups in total. The molecule has 0 heterocycles. The predicted octanol–water partition coefficient (Wildman–Crippen LogP) is 2.59. The second-order valence-electron chi connectivity index (χ2n) is 3.46. The topological polar surface area (TPSA) is 0 Å². The van der Waals surface area contributed by atoms with E-state index in [1.165, 1.54) is 0 Å². The van der Waals surface area contributed by atoms with Gasteiger partial charge in [-0.15, -0.1) is 0 Å². The minimum atomic E-state index is 0. The van der Waals surface area contributed by atoms with Crippen molar-refractivity contribution in [2.75, 3.05) is 0 Å². The molecule has 0 aliphatic heterocycles. The molecule has 0 aromatic heterocycles. The molecule has 0 atom stereocenters. The van der Waals surface area contributed by atoms with Gasteiger partial charge in [-0.25, -0.2) is 0 Å². The molecule has 0 radical (unpaired) electrons. The van der Waals surface area contributed by atoms with E-state index in [9.17, 15) is 0 Å². The van der Waals surface area contributed by atoms with Gasteiger partial charge in [-0.3, -0.25) is 0 Å². The first-order valence-corrected chi connectivity index (χ1v) is 2.31. The van der Waals surface area contributed by atoms with Gasteiger partial charge in [-0.2, -0.15) is 27.3 Å². The van der Waals surface area contributed by atoms with Crippen LogP contribution in [0.5, 0.6) is 0 Å². The van der Waals surface area contributed by atoms with E-state index in [0.717, 1.165) is 0 Å². The van der Waals surface area contributed by atoms with Gasteiger partial charge in [0.15, 0.2) is 0 Å². The molecule has 0 bridgehead atoms. The van der Waals surface area contributed by atoms with Gasteiger partial charge >= 0.3 is 0 Å². The van der Waals surface area contributed by atoms with Crippen LogP contribution in [0.1, 0.15) is 7.43 Å². The van der Waals surface area contributed by atoms with Crippen LogP contribution in [0.3, 0.4) is 0 Å². The fourth-order valence-electron chi connectivity index (χ4n) is 0. The second-order valence-corrected chi connectivity index (χ2v) is 3.46. The van der Waals surface area contributed by atoms with Crippen LogP contribution in [0.25, 0.3) is 0 Å². The van der Waals surface area contributed by atoms with Gasteiger partial charge in [-0.1, -0.05) is 7.43 Å². The van der Waals surface area contributed by atoms with Crippen LogP contribution in [-0.2, 0) is 0 Å². The normalized spacial score (nSPS) is 10.0. The summed E-state index contributed by atoms with van der Waals surface area (Å²) >= 11 is 0. The second kappa shape index (κ2) is 2.28. The van der Waals surface area contributed by atoms with Crippen molar-refractivity contribution in [1.82, 2.24) is 0 Å². The van der Waals surface area contributed by atoms with E-state index in [4.69, 9.17) is 0 Å². The van der Waals surface area contributed by atoms with E-state index < -0.39 is 0 Å².